The lowest BCUT2D eigenvalue weighted by Crippen LogP contribution is -2.36. The molecular weight excluding hydrogens is 426 g/mol. The fourth-order valence-corrected chi connectivity index (χ4v) is 4.35. The van der Waals surface area contributed by atoms with Gasteiger partial charge in [0.2, 0.25) is 5.96 Å². The normalized spacial score (nSPS) is 11.5. The Morgan fingerprint density at radius 3 is 1.69 bits per heavy atom. The van der Waals surface area contributed by atoms with E-state index in [0.29, 0.717) is 12.5 Å². The molecule has 3 nitrogen and oxygen atoms in total. The number of para-hydroxylation sites is 1. The molecule has 3 aromatic rings. The molecule has 2 N–H and O–H groups in total. The Balaban J connectivity index is 1.74. The van der Waals surface area contributed by atoms with Crippen molar-refractivity contribution in [1.82, 2.24) is 0 Å². The molecule has 0 aliphatic carbocycles. The van der Waals surface area contributed by atoms with E-state index >= 15 is 0 Å². The largest absolute Gasteiger partial charge is 0.369 e. The van der Waals surface area contributed by atoms with Crippen LogP contribution in [0.25, 0.3) is 0 Å². The van der Waals surface area contributed by atoms with Crippen LogP contribution in [-0.4, -0.2) is 5.96 Å². The van der Waals surface area contributed by atoms with Crippen molar-refractivity contribution >= 4 is 17.3 Å². The molecule has 0 fully saturated rings. The van der Waals surface area contributed by atoms with Gasteiger partial charge in [-0.05, 0) is 66.6 Å². The molecule has 0 aliphatic rings. The molecule has 3 heteroatoms. The van der Waals surface area contributed by atoms with Crippen molar-refractivity contribution in [3.8, 4) is 0 Å². The number of nitrogens with zero attached hydrogens (tertiary/aromatic N) is 2. The highest BCUT2D eigenvalue weighted by Crippen LogP contribution is 2.22. The van der Waals surface area contributed by atoms with E-state index < -0.39 is 0 Å². The number of anilines is 1. The molecule has 0 bridgehead atoms. The third-order valence-corrected chi connectivity index (χ3v) is 6.53. The Kier molecular flexibility index (Phi) is 11.4. The van der Waals surface area contributed by atoms with Gasteiger partial charge in [0, 0.05) is 5.69 Å². The van der Waals surface area contributed by atoms with Gasteiger partial charge in [-0.15, -0.1) is 0 Å². The molecule has 0 atom stereocenters. The van der Waals surface area contributed by atoms with Gasteiger partial charge in [0.15, 0.2) is 0 Å². The van der Waals surface area contributed by atoms with Gasteiger partial charge in [-0.25, -0.2) is 4.99 Å². The van der Waals surface area contributed by atoms with Crippen LogP contribution >= 0.6 is 0 Å². The number of benzene rings is 3. The van der Waals surface area contributed by atoms with E-state index in [9.17, 15) is 0 Å². The molecule has 0 amide bonds. The fourth-order valence-electron chi connectivity index (χ4n) is 4.35. The molecule has 3 rings (SSSR count). The van der Waals surface area contributed by atoms with Crippen LogP contribution in [0.3, 0.4) is 0 Å². The zero-order valence-electron chi connectivity index (χ0n) is 21.8. The number of unbranched alkanes of at least 4 members (excludes halogenated alkanes) is 6. The second-order valence-corrected chi connectivity index (χ2v) is 9.50. The van der Waals surface area contributed by atoms with Gasteiger partial charge in [-0.3, -0.25) is 0 Å². The summed E-state index contributed by atoms with van der Waals surface area (Å²) in [5.41, 5.74) is 12.5. The van der Waals surface area contributed by atoms with Gasteiger partial charge >= 0.3 is 0 Å². The van der Waals surface area contributed by atoms with Crippen LogP contribution < -0.4 is 10.6 Å². The molecule has 0 radical (unpaired) electrons. The van der Waals surface area contributed by atoms with Gasteiger partial charge in [-0.2, -0.15) is 0 Å². The summed E-state index contributed by atoms with van der Waals surface area (Å²) in [4.78, 5) is 6.84. The van der Waals surface area contributed by atoms with Gasteiger partial charge in [0.05, 0.1) is 12.2 Å². The quantitative estimate of drug-likeness (QED) is 0.146. The van der Waals surface area contributed by atoms with Crippen molar-refractivity contribution in [1.29, 1.82) is 0 Å². The molecule has 0 spiro atoms. The number of hydrogen-bond acceptors (Lipinski definition) is 1. The number of hydrogen-bond donors (Lipinski definition) is 1. The Morgan fingerprint density at radius 2 is 1.14 bits per heavy atom. The van der Waals surface area contributed by atoms with E-state index in [1.807, 2.05) is 30.3 Å². The molecule has 186 valence electrons. The van der Waals surface area contributed by atoms with Crippen LogP contribution in [0.15, 0.2) is 83.9 Å². The maximum Gasteiger partial charge on any atom is 0.201 e. The molecule has 0 heterocycles. The van der Waals surface area contributed by atoms with Crippen LogP contribution in [-0.2, 0) is 19.4 Å². The Morgan fingerprint density at radius 1 is 0.629 bits per heavy atom. The summed E-state index contributed by atoms with van der Waals surface area (Å²) in [6.07, 6.45) is 12.6. The van der Waals surface area contributed by atoms with E-state index in [2.05, 4.69) is 67.3 Å². The lowest BCUT2D eigenvalue weighted by Gasteiger charge is -2.24. The molecule has 0 aliphatic heterocycles. The average Bonchev–Trinajstić information content (AvgIpc) is 2.89. The van der Waals surface area contributed by atoms with Crippen LogP contribution in [0, 0.1) is 0 Å². The van der Waals surface area contributed by atoms with Crippen LogP contribution in [0.4, 0.5) is 11.4 Å². The van der Waals surface area contributed by atoms with Crippen molar-refractivity contribution < 1.29 is 0 Å². The highest BCUT2D eigenvalue weighted by Gasteiger charge is 2.13. The molecule has 3 aromatic carbocycles. The predicted molar refractivity (Wildman–Crippen MR) is 152 cm³/mol. The van der Waals surface area contributed by atoms with E-state index in [1.165, 1.54) is 68.1 Å². The first-order valence-corrected chi connectivity index (χ1v) is 13.5. The summed E-state index contributed by atoms with van der Waals surface area (Å²) in [6, 6.07) is 27.8. The lowest BCUT2D eigenvalue weighted by molar-refractivity contribution is 0.667. The summed E-state index contributed by atoms with van der Waals surface area (Å²) in [5.74, 6) is 0.510. The number of rotatable bonds is 14. The number of guanidine groups is 1. The number of aryl methyl sites for hydroxylation is 2. The molecule has 35 heavy (non-hydrogen) atoms. The minimum Gasteiger partial charge on any atom is -0.369 e. The maximum atomic E-state index is 6.58. The third kappa shape index (κ3) is 9.24. The average molecular weight is 470 g/mol. The van der Waals surface area contributed by atoms with Crippen LogP contribution in [0.2, 0.25) is 0 Å². The summed E-state index contributed by atoms with van der Waals surface area (Å²) in [6.45, 7) is 5.20. The first-order chi connectivity index (χ1) is 17.2. The number of nitrogens with two attached hydrogens (primary N) is 1. The second kappa shape index (κ2) is 15.0. The molecule has 0 saturated carbocycles. The standard InChI is InChI=1S/C32H43N3/c1-3-5-7-10-14-27-18-20-29(21-19-27)26-35(32(33)34-30-16-12-9-13-17-30)31-24-22-28(23-25-31)15-11-8-6-4-2/h9,12-13,16-25H,3-8,10-11,14-15,26H2,1-2H3,(H2,33,34). The zero-order valence-corrected chi connectivity index (χ0v) is 21.8. The van der Waals surface area contributed by atoms with Crippen molar-refractivity contribution in [2.45, 2.75) is 84.6 Å². The van der Waals surface area contributed by atoms with Gasteiger partial charge < -0.3 is 10.6 Å². The minimum atomic E-state index is 0.510. The Bertz CT molecular complexity index is 991. The van der Waals surface area contributed by atoms with Gasteiger partial charge in [-0.1, -0.05) is 107 Å². The van der Waals surface area contributed by atoms with Crippen molar-refractivity contribution in [3.63, 3.8) is 0 Å². The molecule has 0 saturated heterocycles. The second-order valence-electron chi connectivity index (χ2n) is 9.50. The zero-order chi connectivity index (χ0) is 24.7. The lowest BCUT2D eigenvalue weighted by atomic mass is 10.0. The first-order valence-electron chi connectivity index (χ1n) is 13.5. The highest BCUT2D eigenvalue weighted by molar-refractivity contribution is 5.96. The third-order valence-electron chi connectivity index (χ3n) is 6.53. The van der Waals surface area contributed by atoms with E-state index in [0.717, 1.165) is 24.2 Å². The maximum absolute atomic E-state index is 6.58. The van der Waals surface area contributed by atoms with Crippen molar-refractivity contribution in [3.05, 3.63) is 95.6 Å². The minimum absolute atomic E-state index is 0.510. The molecule has 0 aromatic heterocycles. The summed E-state index contributed by atoms with van der Waals surface area (Å²) in [5, 5.41) is 0. The summed E-state index contributed by atoms with van der Waals surface area (Å²) < 4.78 is 0. The fraction of sp³-hybridized carbons (Fsp3) is 0.406. The number of aliphatic imine (C=N–C) groups is 1. The Hall–Kier alpha value is -3.07. The van der Waals surface area contributed by atoms with Gasteiger partial charge in [0.1, 0.15) is 0 Å². The van der Waals surface area contributed by atoms with E-state index in [-0.39, 0.29) is 0 Å². The van der Waals surface area contributed by atoms with Crippen molar-refractivity contribution in [2.24, 2.45) is 10.7 Å². The first kappa shape index (κ1) is 26.5. The molecule has 0 unspecified atom stereocenters. The smallest absolute Gasteiger partial charge is 0.201 e. The van der Waals surface area contributed by atoms with Gasteiger partial charge in [0.25, 0.3) is 0 Å². The summed E-state index contributed by atoms with van der Waals surface area (Å²) in [7, 11) is 0. The van der Waals surface area contributed by atoms with E-state index in [4.69, 9.17) is 10.7 Å². The van der Waals surface area contributed by atoms with Crippen molar-refractivity contribution in [2.75, 3.05) is 4.90 Å². The van der Waals surface area contributed by atoms with E-state index in [1.54, 1.807) is 0 Å². The highest BCUT2D eigenvalue weighted by atomic mass is 15.3. The van der Waals surface area contributed by atoms with Crippen LogP contribution in [0.5, 0.6) is 0 Å². The topological polar surface area (TPSA) is 41.6 Å². The van der Waals surface area contributed by atoms with Crippen LogP contribution in [0.1, 0.15) is 81.9 Å². The SMILES string of the molecule is CCCCCCc1ccc(CN(C(N)=Nc2ccccc2)c2ccc(CCCCCC)cc2)cc1. The molecular formula is C32H43N3. The summed E-state index contributed by atoms with van der Waals surface area (Å²) >= 11 is 0. The Labute approximate surface area is 213 Å². The predicted octanol–water partition coefficient (Wildman–Crippen LogP) is 8.59. The monoisotopic (exact) mass is 469 g/mol.